The third-order valence-corrected chi connectivity index (χ3v) is 2.82. The lowest BCUT2D eigenvalue weighted by Crippen LogP contribution is -2.42. The molecule has 0 fully saturated rings. The molecule has 0 spiro atoms. The largest absolute Gasteiger partial charge is 0.497 e. The fraction of sp³-hybridized carbons (Fsp3) is 0.467. The minimum atomic E-state index is -0.587. The van der Waals surface area contributed by atoms with Gasteiger partial charge in [0.25, 0.3) is 0 Å². The zero-order chi connectivity index (χ0) is 15.1. The molecule has 0 aliphatic rings. The first-order chi connectivity index (χ1) is 9.47. The lowest BCUT2D eigenvalue weighted by molar-refractivity contribution is -0.141. The number of rotatable bonds is 7. The van der Waals surface area contributed by atoms with Crippen molar-refractivity contribution in [3.8, 4) is 5.75 Å². The number of ketones is 1. The van der Waals surface area contributed by atoms with Crippen LogP contribution in [0.3, 0.4) is 0 Å². The number of hydrogen-bond acceptors (Lipinski definition) is 5. The first-order valence-corrected chi connectivity index (χ1v) is 6.49. The van der Waals surface area contributed by atoms with E-state index in [1.165, 1.54) is 7.11 Å². The third-order valence-electron chi connectivity index (χ3n) is 2.82. The molecule has 0 saturated heterocycles. The molecule has 1 aromatic carbocycles. The predicted octanol–water partition coefficient (Wildman–Crippen LogP) is 1.81. The van der Waals surface area contributed by atoms with Gasteiger partial charge in [-0.25, -0.2) is 0 Å². The number of carbonyl (C=O) groups is 2. The van der Waals surface area contributed by atoms with Gasteiger partial charge in [-0.2, -0.15) is 0 Å². The number of nitrogens with one attached hydrogen (secondary N) is 1. The molecule has 0 saturated carbocycles. The van der Waals surface area contributed by atoms with E-state index in [-0.39, 0.29) is 18.2 Å². The monoisotopic (exact) mass is 279 g/mol. The van der Waals surface area contributed by atoms with Crippen LogP contribution in [0.15, 0.2) is 24.3 Å². The van der Waals surface area contributed by atoms with E-state index in [1.807, 2.05) is 13.8 Å². The van der Waals surface area contributed by atoms with Crippen LogP contribution in [-0.4, -0.2) is 38.1 Å². The normalized spacial score (nSPS) is 12.1. The zero-order valence-electron chi connectivity index (χ0n) is 12.3. The Bertz CT molecular complexity index is 453. The SMILES string of the molecule is COC(=O)CC(NC(C)C)C(=O)c1ccc(OC)cc1. The molecular weight excluding hydrogens is 258 g/mol. The summed E-state index contributed by atoms with van der Waals surface area (Å²) in [5, 5.41) is 3.09. The molecular formula is C15H21NO4. The first-order valence-electron chi connectivity index (χ1n) is 6.49. The second-order valence-corrected chi connectivity index (χ2v) is 4.75. The molecule has 5 nitrogen and oxygen atoms in total. The smallest absolute Gasteiger partial charge is 0.307 e. The molecule has 1 N–H and O–H groups in total. The zero-order valence-corrected chi connectivity index (χ0v) is 12.3. The molecule has 1 atom stereocenters. The molecule has 1 rings (SSSR count). The Labute approximate surface area is 119 Å². The summed E-state index contributed by atoms with van der Waals surface area (Å²) in [6, 6.07) is 6.32. The van der Waals surface area contributed by atoms with Crippen molar-refractivity contribution in [2.45, 2.75) is 32.4 Å². The van der Waals surface area contributed by atoms with Crippen LogP contribution in [0.5, 0.6) is 5.75 Å². The van der Waals surface area contributed by atoms with Crippen molar-refractivity contribution in [3.63, 3.8) is 0 Å². The van der Waals surface area contributed by atoms with Crippen LogP contribution in [-0.2, 0) is 9.53 Å². The van der Waals surface area contributed by atoms with Crippen molar-refractivity contribution in [1.82, 2.24) is 5.32 Å². The van der Waals surface area contributed by atoms with Gasteiger partial charge in [0.2, 0.25) is 0 Å². The minimum Gasteiger partial charge on any atom is -0.497 e. The van der Waals surface area contributed by atoms with Gasteiger partial charge < -0.3 is 14.8 Å². The van der Waals surface area contributed by atoms with E-state index in [2.05, 4.69) is 10.1 Å². The molecule has 0 radical (unpaired) electrons. The summed E-state index contributed by atoms with van der Waals surface area (Å²) in [4.78, 5) is 23.8. The standard InChI is InChI=1S/C15H21NO4/c1-10(2)16-13(9-14(17)20-4)15(18)11-5-7-12(19-3)8-6-11/h5-8,10,13,16H,9H2,1-4H3. The van der Waals surface area contributed by atoms with Gasteiger partial charge in [-0.3, -0.25) is 9.59 Å². The van der Waals surface area contributed by atoms with Crippen molar-refractivity contribution in [1.29, 1.82) is 0 Å². The van der Waals surface area contributed by atoms with Gasteiger partial charge >= 0.3 is 5.97 Å². The Balaban J connectivity index is 2.87. The van der Waals surface area contributed by atoms with E-state index in [0.717, 1.165) is 0 Å². The number of Topliss-reactive ketones (excluding diaryl/α,β-unsaturated/α-hetero) is 1. The third kappa shape index (κ3) is 4.66. The van der Waals surface area contributed by atoms with Gasteiger partial charge in [0, 0.05) is 11.6 Å². The van der Waals surface area contributed by atoms with Gasteiger partial charge in [-0.1, -0.05) is 13.8 Å². The Kier molecular flexibility index (Phi) is 6.18. The molecule has 0 amide bonds. The first kappa shape index (κ1) is 16.2. The summed E-state index contributed by atoms with van der Waals surface area (Å²) in [6.45, 7) is 3.84. The Morgan fingerprint density at radius 3 is 2.20 bits per heavy atom. The summed E-state index contributed by atoms with van der Waals surface area (Å²) in [7, 11) is 2.88. The van der Waals surface area contributed by atoms with Crippen LogP contribution in [0.2, 0.25) is 0 Å². The predicted molar refractivity (Wildman–Crippen MR) is 76.0 cm³/mol. The average molecular weight is 279 g/mol. The van der Waals surface area contributed by atoms with Gasteiger partial charge in [0.15, 0.2) is 5.78 Å². The summed E-state index contributed by atoms with van der Waals surface area (Å²) in [6.07, 6.45) is 0.0134. The maximum absolute atomic E-state index is 12.4. The lowest BCUT2D eigenvalue weighted by atomic mass is 10.0. The van der Waals surface area contributed by atoms with E-state index in [1.54, 1.807) is 31.4 Å². The molecule has 0 aliphatic heterocycles. The van der Waals surface area contributed by atoms with Crippen LogP contribution in [0.1, 0.15) is 30.6 Å². The van der Waals surface area contributed by atoms with E-state index in [0.29, 0.717) is 11.3 Å². The highest BCUT2D eigenvalue weighted by Gasteiger charge is 2.24. The lowest BCUT2D eigenvalue weighted by Gasteiger charge is -2.19. The van der Waals surface area contributed by atoms with E-state index in [4.69, 9.17) is 4.74 Å². The van der Waals surface area contributed by atoms with Crippen LogP contribution >= 0.6 is 0 Å². The second kappa shape index (κ2) is 7.65. The highest BCUT2D eigenvalue weighted by atomic mass is 16.5. The number of benzene rings is 1. The molecule has 1 unspecified atom stereocenters. The fourth-order valence-electron chi connectivity index (χ4n) is 1.84. The van der Waals surface area contributed by atoms with Gasteiger partial charge in [0.1, 0.15) is 5.75 Å². The van der Waals surface area contributed by atoms with Crippen molar-refractivity contribution in [2.24, 2.45) is 0 Å². The number of ether oxygens (including phenoxy) is 2. The molecule has 0 bridgehead atoms. The van der Waals surface area contributed by atoms with Gasteiger partial charge in [-0.05, 0) is 24.3 Å². The second-order valence-electron chi connectivity index (χ2n) is 4.75. The average Bonchev–Trinajstić information content (AvgIpc) is 2.45. The van der Waals surface area contributed by atoms with Crippen LogP contribution in [0, 0.1) is 0 Å². The molecule has 20 heavy (non-hydrogen) atoms. The van der Waals surface area contributed by atoms with Crippen LogP contribution in [0.25, 0.3) is 0 Å². The Morgan fingerprint density at radius 2 is 1.75 bits per heavy atom. The van der Waals surface area contributed by atoms with Crippen molar-refractivity contribution in [3.05, 3.63) is 29.8 Å². The quantitative estimate of drug-likeness (QED) is 0.609. The summed E-state index contributed by atoms with van der Waals surface area (Å²) < 4.78 is 9.69. The minimum absolute atomic E-state index is 0.0134. The van der Waals surface area contributed by atoms with Crippen molar-refractivity contribution < 1.29 is 19.1 Å². The molecule has 110 valence electrons. The fourth-order valence-corrected chi connectivity index (χ4v) is 1.84. The molecule has 5 heteroatoms. The molecule has 0 heterocycles. The van der Waals surface area contributed by atoms with Crippen LogP contribution in [0.4, 0.5) is 0 Å². The number of esters is 1. The van der Waals surface area contributed by atoms with Gasteiger partial charge in [0.05, 0.1) is 26.7 Å². The maximum Gasteiger partial charge on any atom is 0.307 e. The maximum atomic E-state index is 12.4. The highest BCUT2D eigenvalue weighted by molar-refractivity contribution is 6.01. The Morgan fingerprint density at radius 1 is 1.15 bits per heavy atom. The molecule has 1 aromatic rings. The van der Waals surface area contributed by atoms with Gasteiger partial charge in [-0.15, -0.1) is 0 Å². The Hall–Kier alpha value is -1.88. The van der Waals surface area contributed by atoms with E-state index < -0.39 is 12.0 Å². The summed E-state index contributed by atoms with van der Waals surface area (Å²) >= 11 is 0. The van der Waals surface area contributed by atoms with Crippen LogP contribution < -0.4 is 10.1 Å². The van der Waals surface area contributed by atoms with Crippen molar-refractivity contribution in [2.75, 3.05) is 14.2 Å². The molecule has 0 aromatic heterocycles. The number of carbonyl (C=O) groups excluding carboxylic acids is 2. The summed E-state index contributed by atoms with van der Waals surface area (Å²) in [5.41, 5.74) is 0.535. The van der Waals surface area contributed by atoms with E-state index >= 15 is 0 Å². The number of methoxy groups -OCH3 is 2. The molecule has 0 aliphatic carbocycles. The highest BCUT2D eigenvalue weighted by Crippen LogP contribution is 2.14. The van der Waals surface area contributed by atoms with Crippen molar-refractivity contribution >= 4 is 11.8 Å². The summed E-state index contributed by atoms with van der Waals surface area (Å²) in [5.74, 6) is 0.139. The topological polar surface area (TPSA) is 64.6 Å². The van der Waals surface area contributed by atoms with E-state index in [9.17, 15) is 9.59 Å². The number of hydrogen-bond donors (Lipinski definition) is 1.